The number of sulfonamides is 1. The zero-order valence-corrected chi connectivity index (χ0v) is 14.7. The Morgan fingerprint density at radius 1 is 0.778 bits per heavy atom. The third kappa shape index (κ3) is 4.88. The van der Waals surface area contributed by atoms with Crippen LogP contribution in [0.4, 0.5) is 37.7 Å². The second-order valence-electron chi connectivity index (χ2n) is 5.40. The number of anilines is 2. The first-order valence-electron chi connectivity index (χ1n) is 6.82. The fraction of sp³-hybridized carbons (Fsp3) is 0.385. The van der Waals surface area contributed by atoms with Crippen molar-refractivity contribution in [2.45, 2.75) is 38.0 Å². The summed E-state index contributed by atoms with van der Waals surface area (Å²) in [6, 6.07) is 0. The molecular weight excluding hydrogens is 408 g/mol. The lowest BCUT2D eigenvalue weighted by molar-refractivity contribution is -0.167. The summed E-state index contributed by atoms with van der Waals surface area (Å²) in [5.74, 6) is -4.99. The molecule has 1 aromatic carbocycles. The third-order valence-electron chi connectivity index (χ3n) is 3.46. The van der Waals surface area contributed by atoms with E-state index in [4.69, 9.17) is 5.14 Å². The first-order valence-corrected chi connectivity index (χ1v) is 8.36. The Hall–Kier alpha value is -2.35. The van der Waals surface area contributed by atoms with Gasteiger partial charge in [-0.15, -0.1) is 0 Å². The predicted molar refractivity (Wildman–Crippen MR) is 81.4 cm³/mol. The normalized spacial score (nSPS) is 12.7. The Bertz CT molecular complexity index is 851. The molecule has 0 bridgehead atoms. The van der Waals surface area contributed by atoms with Gasteiger partial charge in [-0.3, -0.25) is 9.59 Å². The molecule has 0 aliphatic carbocycles. The number of carbonyl (C=O) groups excluding carboxylic acids is 2. The van der Waals surface area contributed by atoms with E-state index in [1.165, 1.54) is 10.6 Å². The van der Waals surface area contributed by atoms with Gasteiger partial charge >= 0.3 is 24.2 Å². The highest BCUT2D eigenvalue weighted by molar-refractivity contribution is 7.89. The van der Waals surface area contributed by atoms with Crippen LogP contribution < -0.4 is 15.8 Å². The van der Waals surface area contributed by atoms with Gasteiger partial charge < -0.3 is 10.6 Å². The average molecular weight is 421 g/mol. The molecule has 0 radical (unpaired) electrons. The van der Waals surface area contributed by atoms with Crippen LogP contribution in [0.5, 0.6) is 0 Å². The first kappa shape index (κ1) is 22.7. The number of hydrogen-bond acceptors (Lipinski definition) is 4. The first-order chi connectivity index (χ1) is 11.9. The summed E-state index contributed by atoms with van der Waals surface area (Å²) in [5, 5.41) is 7.77. The number of nitrogens with two attached hydrogens (primary N) is 1. The summed E-state index contributed by atoms with van der Waals surface area (Å²) in [6.07, 6.45) is -10.7. The average Bonchev–Trinajstić information content (AvgIpc) is 2.43. The van der Waals surface area contributed by atoms with E-state index in [-0.39, 0.29) is 0 Å². The molecule has 0 spiro atoms. The second kappa shape index (κ2) is 6.99. The molecule has 0 fully saturated rings. The monoisotopic (exact) mass is 421 g/mol. The van der Waals surface area contributed by atoms with Gasteiger partial charge in [-0.05, 0) is 37.5 Å². The molecule has 1 rings (SSSR count). The molecule has 152 valence electrons. The van der Waals surface area contributed by atoms with Crippen LogP contribution in [0.15, 0.2) is 4.90 Å². The molecule has 0 saturated carbocycles. The third-order valence-corrected chi connectivity index (χ3v) is 4.64. The Kier molecular flexibility index (Phi) is 5.88. The summed E-state index contributed by atoms with van der Waals surface area (Å²) in [5.41, 5.74) is -2.79. The van der Waals surface area contributed by atoms with Crippen molar-refractivity contribution in [3.63, 3.8) is 0 Å². The van der Waals surface area contributed by atoms with Crippen molar-refractivity contribution in [2.24, 2.45) is 5.14 Å². The van der Waals surface area contributed by atoms with Crippen molar-refractivity contribution < 1.29 is 44.3 Å². The Labute approximate surface area is 149 Å². The van der Waals surface area contributed by atoms with Crippen molar-refractivity contribution in [3.8, 4) is 0 Å². The summed E-state index contributed by atoms with van der Waals surface area (Å²) in [4.78, 5) is 21.6. The fourth-order valence-electron chi connectivity index (χ4n) is 2.37. The molecule has 4 N–H and O–H groups in total. The number of rotatable bonds is 3. The second-order valence-corrected chi connectivity index (χ2v) is 6.90. The van der Waals surface area contributed by atoms with E-state index in [0.29, 0.717) is 0 Å². The molecule has 0 saturated heterocycles. The van der Waals surface area contributed by atoms with Gasteiger partial charge in [0.15, 0.2) is 0 Å². The molecule has 0 unspecified atom stereocenters. The highest BCUT2D eigenvalue weighted by atomic mass is 32.2. The van der Waals surface area contributed by atoms with Gasteiger partial charge in [-0.2, -0.15) is 26.3 Å². The van der Waals surface area contributed by atoms with E-state index in [1.54, 1.807) is 0 Å². The van der Waals surface area contributed by atoms with Crippen LogP contribution >= 0.6 is 0 Å². The highest BCUT2D eigenvalue weighted by Gasteiger charge is 2.41. The SMILES string of the molecule is Cc1c(NC(=O)C(F)(F)F)c(C)c(S(N)(=O)=O)c(C)c1NC(=O)C(F)(F)F. The van der Waals surface area contributed by atoms with Gasteiger partial charge in [0.25, 0.3) is 0 Å². The number of benzene rings is 1. The van der Waals surface area contributed by atoms with E-state index in [1.807, 2.05) is 0 Å². The molecule has 1 aromatic rings. The van der Waals surface area contributed by atoms with Gasteiger partial charge in [-0.25, -0.2) is 13.6 Å². The minimum absolute atomic E-state index is 0.424. The number of primary sulfonamides is 1. The standard InChI is InChI=1S/C13H13F6N3O4S/c1-4-7(21-10(23)12(14,15)16)5(2)9(27(20,25)26)6(3)8(4)22-11(24)13(17,18)19/h1-3H3,(H,21,23)(H,22,24)(H2,20,25,26). The van der Waals surface area contributed by atoms with Gasteiger partial charge in [-0.1, -0.05) is 0 Å². The Morgan fingerprint density at radius 3 is 1.30 bits per heavy atom. The van der Waals surface area contributed by atoms with Crippen molar-refractivity contribution in [1.82, 2.24) is 0 Å². The molecule has 14 heteroatoms. The summed E-state index contributed by atoms with van der Waals surface area (Å²) in [6.45, 7) is 2.99. The van der Waals surface area contributed by atoms with E-state index in [0.717, 1.165) is 20.8 Å². The van der Waals surface area contributed by atoms with Crippen LogP contribution in [0.1, 0.15) is 16.7 Å². The topological polar surface area (TPSA) is 118 Å². The predicted octanol–water partition coefficient (Wildman–Crippen LogP) is 2.26. The smallest absolute Gasteiger partial charge is 0.318 e. The quantitative estimate of drug-likeness (QED) is 0.649. The zero-order chi connectivity index (χ0) is 21.5. The Morgan fingerprint density at radius 2 is 1.07 bits per heavy atom. The van der Waals surface area contributed by atoms with Gasteiger partial charge in [0.05, 0.1) is 16.3 Å². The van der Waals surface area contributed by atoms with Crippen LogP contribution in [-0.4, -0.2) is 32.6 Å². The number of amides is 2. The summed E-state index contributed by atoms with van der Waals surface area (Å²) >= 11 is 0. The summed E-state index contributed by atoms with van der Waals surface area (Å²) < 4.78 is 98.6. The molecule has 27 heavy (non-hydrogen) atoms. The molecule has 0 aliphatic rings. The van der Waals surface area contributed by atoms with Crippen LogP contribution in [0, 0.1) is 20.8 Å². The highest BCUT2D eigenvalue weighted by Crippen LogP contribution is 2.38. The van der Waals surface area contributed by atoms with E-state index in [9.17, 15) is 44.3 Å². The van der Waals surface area contributed by atoms with Crippen LogP contribution in [0.2, 0.25) is 0 Å². The minimum atomic E-state index is -5.36. The van der Waals surface area contributed by atoms with Gasteiger partial charge in [0.2, 0.25) is 10.0 Å². The number of halogens is 6. The van der Waals surface area contributed by atoms with Crippen LogP contribution in [-0.2, 0) is 19.6 Å². The van der Waals surface area contributed by atoms with Crippen molar-refractivity contribution >= 4 is 33.2 Å². The lowest BCUT2D eigenvalue weighted by Gasteiger charge is -2.22. The van der Waals surface area contributed by atoms with Crippen molar-refractivity contribution in [1.29, 1.82) is 0 Å². The number of hydrogen-bond donors (Lipinski definition) is 3. The lowest BCUT2D eigenvalue weighted by Crippen LogP contribution is -2.33. The maximum Gasteiger partial charge on any atom is 0.471 e. The zero-order valence-electron chi connectivity index (χ0n) is 13.9. The minimum Gasteiger partial charge on any atom is -0.318 e. The fourth-order valence-corrected chi connectivity index (χ4v) is 3.42. The summed E-state index contributed by atoms with van der Waals surface area (Å²) in [7, 11) is -4.63. The lowest BCUT2D eigenvalue weighted by atomic mass is 10.0. The molecule has 2 amide bonds. The van der Waals surface area contributed by atoms with Gasteiger partial charge in [0, 0.05) is 0 Å². The maximum atomic E-state index is 12.5. The largest absolute Gasteiger partial charge is 0.471 e. The molecule has 0 atom stereocenters. The molecule has 0 aliphatic heterocycles. The molecular formula is C13H13F6N3O4S. The number of alkyl halides is 6. The van der Waals surface area contributed by atoms with E-state index >= 15 is 0 Å². The van der Waals surface area contributed by atoms with Crippen LogP contribution in [0.25, 0.3) is 0 Å². The maximum absolute atomic E-state index is 12.5. The molecule has 0 aromatic heterocycles. The number of carbonyl (C=O) groups is 2. The van der Waals surface area contributed by atoms with Crippen LogP contribution in [0.3, 0.4) is 0 Å². The van der Waals surface area contributed by atoms with Gasteiger partial charge in [0.1, 0.15) is 0 Å². The van der Waals surface area contributed by atoms with Crippen molar-refractivity contribution in [2.75, 3.05) is 10.6 Å². The van der Waals surface area contributed by atoms with Crippen molar-refractivity contribution in [3.05, 3.63) is 16.7 Å². The van der Waals surface area contributed by atoms with E-state index < -0.39 is 67.2 Å². The Balaban J connectivity index is 3.77. The van der Waals surface area contributed by atoms with E-state index in [2.05, 4.69) is 0 Å². The number of nitrogens with one attached hydrogen (secondary N) is 2. The molecule has 7 nitrogen and oxygen atoms in total. The molecule has 0 heterocycles.